The van der Waals surface area contributed by atoms with Crippen LogP contribution in [0.4, 0.5) is 0 Å². The van der Waals surface area contributed by atoms with E-state index in [1.807, 2.05) is 27.7 Å². The van der Waals surface area contributed by atoms with Gasteiger partial charge in [-0.15, -0.1) is 0 Å². The molecule has 0 aliphatic carbocycles. The van der Waals surface area contributed by atoms with E-state index in [1.165, 1.54) is 0 Å². The summed E-state index contributed by atoms with van der Waals surface area (Å²) >= 11 is 0. The molecule has 0 heterocycles. The summed E-state index contributed by atoms with van der Waals surface area (Å²) in [5.74, 6) is 0. The van der Waals surface area contributed by atoms with Crippen LogP contribution in [0, 0.1) is 0 Å². The lowest BCUT2D eigenvalue weighted by atomic mass is 10.2. The lowest BCUT2D eigenvalue weighted by Crippen LogP contribution is -2.49. The van der Waals surface area contributed by atoms with Gasteiger partial charge in [0.2, 0.25) is 0 Å². The molecule has 2 unspecified atom stereocenters. The van der Waals surface area contributed by atoms with Crippen LogP contribution in [0.2, 0.25) is 6.04 Å². The van der Waals surface area contributed by atoms with Gasteiger partial charge in [-0.3, -0.25) is 0 Å². The fraction of sp³-hybridized carbons (Fsp3) is 1.00. The summed E-state index contributed by atoms with van der Waals surface area (Å²) in [5, 5.41) is 3.66. The zero-order valence-corrected chi connectivity index (χ0v) is 13.0. The molecule has 0 spiro atoms. The largest absolute Gasteiger partial charge is 0.501 e. The Bertz CT molecular complexity index is 255. The molecule has 0 aromatic carbocycles. The van der Waals surface area contributed by atoms with Crippen LogP contribution >= 0.6 is 0 Å². The lowest BCUT2D eigenvalue weighted by Gasteiger charge is -2.32. The molecule has 0 aromatic rings. The van der Waals surface area contributed by atoms with Crippen LogP contribution in [0.25, 0.3) is 10.4 Å². The van der Waals surface area contributed by atoms with Gasteiger partial charge in [-0.2, -0.15) is 0 Å². The van der Waals surface area contributed by atoms with Gasteiger partial charge >= 0.3 is 8.80 Å². The lowest BCUT2D eigenvalue weighted by molar-refractivity contribution is 0.0315. The highest BCUT2D eigenvalue weighted by atomic mass is 28.4. The van der Waals surface area contributed by atoms with Gasteiger partial charge in [-0.05, 0) is 26.3 Å². The molecule has 0 amide bonds. The van der Waals surface area contributed by atoms with Crippen molar-refractivity contribution in [3.05, 3.63) is 10.4 Å². The summed E-state index contributed by atoms with van der Waals surface area (Å²) in [5.41, 5.74) is 8.45. The van der Waals surface area contributed by atoms with Crippen LogP contribution in [0.3, 0.4) is 0 Å². The Kier molecular flexibility index (Phi) is 9.04. The summed E-state index contributed by atoms with van der Waals surface area (Å²) in [6.45, 7) is 10.8. The minimum Gasteiger partial charge on any atom is -0.374 e. The van der Waals surface area contributed by atoms with E-state index in [0.29, 0.717) is 13.2 Å². The van der Waals surface area contributed by atoms with E-state index in [-0.39, 0.29) is 12.1 Å². The van der Waals surface area contributed by atoms with E-state index in [2.05, 4.69) is 16.9 Å². The maximum atomic E-state index is 8.45. The maximum Gasteiger partial charge on any atom is 0.501 e. The third kappa shape index (κ3) is 5.84. The average Bonchev–Trinajstić information content (AvgIpc) is 2.30. The highest BCUT2D eigenvalue weighted by Gasteiger charge is 2.41. The summed E-state index contributed by atoms with van der Waals surface area (Å²) in [6, 6.07) is 0.543. The van der Waals surface area contributed by atoms with Gasteiger partial charge in [0.05, 0.1) is 12.1 Å². The molecule has 0 aliphatic rings. The molecule has 7 heteroatoms. The fourth-order valence-electron chi connectivity index (χ4n) is 1.62. The van der Waals surface area contributed by atoms with Crippen molar-refractivity contribution >= 4 is 8.80 Å². The predicted molar refractivity (Wildman–Crippen MR) is 73.3 cm³/mol. The minimum atomic E-state index is -2.63. The highest BCUT2D eigenvalue weighted by Crippen LogP contribution is 2.21. The van der Waals surface area contributed by atoms with Crippen molar-refractivity contribution in [2.75, 3.05) is 13.2 Å². The number of hydrogen-bond donors (Lipinski definition) is 0. The van der Waals surface area contributed by atoms with Crippen LogP contribution in [0.1, 0.15) is 41.0 Å². The first-order valence-electron chi connectivity index (χ1n) is 6.55. The number of azide groups is 1. The normalized spacial score (nSPS) is 14.9. The highest BCUT2D eigenvalue weighted by molar-refractivity contribution is 6.60. The van der Waals surface area contributed by atoms with Crippen molar-refractivity contribution in [3.63, 3.8) is 0 Å². The molecule has 0 saturated heterocycles. The Labute approximate surface area is 111 Å². The summed E-state index contributed by atoms with van der Waals surface area (Å²) in [4.78, 5) is 2.80. The first-order chi connectivity index (χ1) is 8.55. The second-order valence-electron chi connectivity index (χ2n) is 4.07. The van der Waals surface area contributed by atoms with Crippen molar-refractivity contribution in [2.45, 2.75) is 59.2 Å². The SMILES string of the molecule is CCC[Si](OCC)(OCC)OC(C)C(C)N=[N+]=[N-]. The number of hydrogen-bond acceptors (Lipinski definition) is 4. The van der Waals surface area contributed by atoms with E-state index in [1.54, 1.807) is 0 Å². The van der Waals surface area contributed by atoms with E-state index in [4.69, 9.17) is 18.8 Å². The summed E-state index contributed by atoms with van der Waals surface area (Å²) < 4.78 is 17.5. The third-order valence-corrected chi connectivity index (χ3v) is 5.86. The summed E-state index contributed by atoms with van der Waals surface area (Å²) in [6.07, 6.45) is 0.728. The van der Waals surface area contributed by atoms with E-state index in [9.17, 15) is 0 Å². The first-order valence-corrected chi connectivity index (χ1v) is 8.48. The predicted octanol–water partition coefficient (Wildman–Crippen LogP) is 3.51. The van der Waals surface area contributed by atoms with Crippen LogP contribution in [-0.2, 0) is 13.3 Å². The van der Waals surface area contributed by atoms with Crippen LogP contribution < -0.4 is 0 Å². The third-order valence-electron chi connectivity index (χ3n) is 2.56. The quantitative estimate of drug-likeness (QED) is 0.265. The molecule has 0 radical (unpaired) electrons. The Morgan fingerprint density at radius 1 is 1.17 bits per heavy atom. The zero-order valence-electron chi connectivity index (χ0n) is 12.0. The molecule has 0 rings (SSSR count). The molecule has 2 atom stereocenters. The second kappa shape index (κ2) is 9.35. The molecule has 18 heavy (non-hydrogen) atoms. The molecular formula is C11H25N3O3Si. The monoisotopic (exact) mass is 275 g/mol. The smallest absolute Gasteiger partial charge is 0.374 e. The van der Waals surface area contributed by atoms with E-state index < -0.39 is 8.80 Å². The Balaban J connectivity index is 4.77. The summed E-state index contributed by atoms with van der Waals surface area (Å²) in [7, 11) is -2.63. The van der Waals surface area contributed by atoms with Crippen molar-refractivity contribution in [1.82, 2.24) is 0 Å². The molecule has 106 valence electrons. The molecule has 0 fully saturated rings. The van der Waals surface area contributed by atoms with Crippen LogP contribution in [0.5, 0.6) is 0 Å². The zero-order chi connectivity index (χ0) is 14.0. The molecule has 6 nitrogen and oxygen atoms in total. The molecule has 0 saturated carbocycles. The Hall–Kier alpha value is -0.593. The van der Waals surface area contributed by atoms with E-state index in [0.717, 1.165) is 12.5 Å². The van der Waals surface area contributed by atoms with Gasteiger partial charge in [-0.1, -0.05) is 25.4 Å². The van der Waals surface area contributed by atoms with Gasteiger partial charge in [0.1, 0.15) is 0 Å². The van der Waals surface area contributed by atoms with Crippen molar-refractivity contribution < 1.29 is 13.3 Å². The molecule has 0 aromatic heterocycles. The van der Waals surface area contributed by atoms with Gasteiger partial charge < -0.3 is 13.3 Å². The number of rotatable bonds is 10. The van der Waals surface area contributed by atoms with Gasteiger partial charge in [0.15, 0.2) is 0 Å². The maximum absolute atomic E-state index is 8.45. The fourth-order valence-corrected chi connectivity index (χ4v) is 4.50. The van der Waals surface area contributed by atoms with Crippen LogP contribution in [0.15, 0.2) is 5.11 Å². The van der Waals surface area contributed by atoms with Gasteiger partial charge in [-0.25, -0.2) is 0 Å². The van der Waals surface area contributed by atoms with Gasteiger partial charge in [0.25, 0.3) is 0 Å². The minimum absolute atomic E-state index is 0.211. The Morgan fingerprint density at radius 3 is 2.11 bits per heavy atom. The van der Waals surface area contributed by atoms with Gasteiger partial charge in [0, 0.05) is 24.2 Å². The number of nitrogens with zero attached hydrogens (tertiary/aromatic N) is 3. The second-order valence-corrected chi connectivity index (χ2v) is 6.75. The topological polar surface area (TPSA) is 76.5 Å². The van der Waals surface area contributed by atoms with Crippen molar-refractivity contribution in [3.8, 4) is 0 Å². The average molecular weight is 275 g/mol. The first kappa shape index (κ1) is 17.4. The molecule has 0 bridgehead atoms. The van der Waals surface area contributed by atoms with Crippen molar-refractivity contribution in [2.24, 2.45) is 5.11 Å². The molecular weight excluding hydrogens is 250 g/mol. The van der Waals surface area contributed by atoms with E-state index >= 15 is 0 Å². The Morgan fingerprint density at radius 2 is 1.72 bits per heavy atom. The molecule has 0 N–H and O–H groups in total. The van der Waals surface area contributed by atoms with Crippen LogP contribution in [-0.4, -0.2) is 34.2 Å². The molecule has 0 aliphatic heterocycles. The standard InChI is InChI=1S/C11H25N3O3Si/c1-6-9-18(15-7-2,16-8-3)17-11(5)10(4)13-14-12/h10-11H,6-9H2,1-5H3. The van der Waals surface area contributed by atoms with Crippen molar-refractivity contribution in [1.29, 1.82) is 0 Å².